The van der Waals surface area contributed by atoms with Gasteiger partial charge >= 0.3 is 0 Å². The lowest BCUT2D eigenvalue weighted by atomic mass is 10.2. The zero-order valence-corrected chi connectivity index (χ0v) is 25.2. The van der Waals surface area contributed by atoms with E-state index in [0.717, 1.165) is 9.79 Å². The maximum atomic E-state index is 12.9. The minimum absolute atomic E-state index is 0.163. The molecule has 4 aromatic carbocycles. The second kappa shape index (κ2) is 14.1. The van der Waals surface area contributed by atoms with Gasteiger partial charge in [-0.05, 0) is 99.5 Å². The summed E-state index contributed by atoms with van der Waals surface area (Å²) in [5.41, 5.74) is 2.57. The summed E-state index contributed by atoms with van der Waals surface area (Å²) >= 11 is 0. The largest absolute Gasteiger partial charge is 0.508 e. The Kier molecular flexibility index (Phi) is 10.3. The van der Waals surface area contributed by atoms with E-state index >= 15 is 0 Å². The zero-order chi connectivity index (χ0) is 30.2. The molecule has 10 heteroatoms. The van der Waals surface area contributed by atoms with Gasteiger partial charge in [0.25, 0.3) is 11.8 Å². The molecule has 2 amide bonds. The van der Waals surface area contributed by atoms with Crippen molar-refractivity contribution >= 4 is 44.8 Å². The van der Waals surface area contributed by atoms with Gasteiger partial charge in [0.1, 0.15) is 23.0 Å². The number of benzene rings is 4. The van der Waals surface area contributed by atoms with Crippen LogP contribution in [0.5, 0.6) is 23.0 Å². The standard InChI is InChI=1S/C32H32N2O6S2/c1-19-17-23(13-15-27(19)35)39-21(3)31(37)33-25-9-5-7-11-29(25)41-42-30-12-8-6-10-26(30)34-32(38)22(4)40-24-14-16-28(36)20(2)18-24/h5-18,21-22,35-36H,1-4H3,(H,33,37)(H,34,38). The number of ether oxygens (including phenoxy) is 2. The predicted molar refractivity (Wildman–Crippen MR) is 168 cm³/mol. The van der Waals surface area contributed by atoms with Gasteiger partial charge in [0.05, 0.1) is 11.4 Å². The molecule has 0 aromatic heterocycles. The van der Waals surface area contributed by atoms with Crippen LogP contribution < -0.4 is 20.1 Å². The maximum absolute atomic E-state index is 12.9. The van der Waals surface area contributed by atoms with Crippen molar-refractivity contribution < 1.29 is 29.3 Å². The highest BCUT2D eigenvalue weighted by Crippen LogP contribution is 2.43. The van der Waals surface area contributed by atoms with Crippen molar-refractivity contribution in [1.82, 2.24) is 0 Å². The fourth-order valence-corrected chi connectivity index (χ4v) is 6.04. The number of para-hydroxylation sites is 2. The molecule has 0 saturated heterocycles. The van der Waals surface area contributed by atoms with Gasteiger partial charge in [0, 0.05) is 9.79 Å². The van der Waals surface area contributed by atoms with E-state index in [1.807, 2.05) is 48.5 Å². The Morgan fingerprint density at radius 1 is 0.643 bits per heavy atom. The summed E-state index contributed by atoms with van der Waals surface area (Å²) in [4.78, 5) is 27.5. The number of rotatable bonds is 11. The summed E-state index contributed by atoms with van der Waals surface area (Å²) in [6.45, 7) is 6.84. The van der Waals surface area contributed by atoms with Crippen LogP contribution in [-0.4, -0.2) is 34.2 Å². The van der Waals surface area contributed by atoms with Crippen molar-refractivity contribution in [3.63, 3.8) is 0 Å². The third kappa shape index (κ3) is 8.14. The van der Waals surface area contributed by atoms with Crippen molar-refractivity contribution in [2.24, 2.45) is 0 Å². The van der Waals surface area contributed by atoms with Crippen LogP contribution in [0.15, 0.2) is 94.7 Å². The van der Waals surface area contributed by atoms with E-state index in [9.17, 15) is 19.8 Å². The molecule has 0 fully saturated rings. The first-order valence-corrected chi connectivity index (χ1v) is 15.3. The average molecular weight is 605 g/mol. The van der Waals surface area contributed by atoms with Gasteiger partial charge in [-0.3, -0.25) is 9.59 Å². The van der Waals surface area contributed by atoms with Crippen LogP contribution in [0.25, 0.3) is 0 Å². The van der Waals surface area contributed by atoms with E-state index < -0.39 is 12.2 Å². The number of aromatic hydroxyl groups is 2. The Labute approximate surface area is 252 Å². The monoisotopic (exact) mass is 604 g/mol. The number of anilines is 2. The molecule has 0 heterocycles. The minimum Gasteiger partial charge on any atom is -0.508 e. The molecule has 0 saturated carbocycles. The fourth-order valence-electron chi connectivity index (χ4n) is 3.76. The van der Waals surface area contributed by atoms with Crippen LogP contribution in [-0.2, 0) is 9.59 Å². The highest BCUT2D eigenvalue weighted by Gasteiger charge is 2.19. The number of phenols is 2. The number of aryl methyl sites for hydroxylation is 2. The maximum Gasteiger partial charge on any atom is 0.265 e. The summed E-state index contributed by atoms with van der Waals surface area (Å²) < 4.78 is 11.6. The number of hydrogen-bond donors (Lipinski definition) is 4. The molecule has 2 atom stereocenters. The Bertz CT molecular complexity index is 1460. The molecule has 4 aromatic rings. The SMILES string of the molecule is Cc1cc(OC(C)C(=O)Nc2ccccc2SSc2ccccc2NC(=O)C(C)Oc2ccc(O)c(C)c2)ccc1O. The van der Waals surface area contributed by atoms with Gasteiger partial charge in [0.15, 0.2) is 12.2 Å². The highest BCUT2D eigenvalue weighted by atomic mass is 33.1. The number of hydrogen-bond acceptors (Lipinski definition) is 8. The minimum atomic E-state index is -0.773. The summed E-state index contributed by atoms with van der Waals surface area (Å²) in [5, 5.41) is 25.3. The second-order valence-electron chi connectivity index (χ2n) is 9.55. The molecule has 0 aliphatic carbocycles. The summed E-state index contributed by atoms with van der Waals surface area (Å²) in [6, 6.07) is 24.5. The number of amides is 2. The molecule has 4 N–H and O–H groups in total. The van der Waals surface area contributed by atoms with Crippen LogP contribution in [0.3, 0.4) is 0 Å². The third-order valence-corrected chi connectivity index (χ3v) is 8.69. The Hall–Kier alpha value is -4.28. The third-order valence-electron chi connectivity index (χ3n) is 6.21. The molecular formula is C32H32N2O6S2. The lowest BCUT2D eigenvalue weighted by Crippen LogP contribution is -2.30. The van der Waals surface area contributed by atoms with E-state index in [1.54, 1.807) is 52.0 Å². The summed E-state index contributed by atoms with van der Waals surface area (Å²) in [6.07, 6.45) is -1.55. The molecule has 0 aliphatic heterocycles. The molecule has 42 heavy (non-hydrogen) atoms. The highest BCUT2D eigenvalue weighted by molar-refractivity contribution is 8.76. The van der Waals surface area contributed by atoms with Crippen LogP contribution in [0, 0.1) is 13.8 Å². The summed E-state index contributed by atoms with van der Waals surface area (Å²) in [7, 11) is 2.89. The second-order valence-corrected chi connectivity index (χ2v) is 11.8. The molecule has 218 valence electrons. The van der Waals surface area contributed by atoms with E-state index in [-0.39, 0.29) is 23.3 Å². The lowest BCUT2D eigenvalue weighted by molar-refractivity contribution is -0.122. The molecule has 4 rings (SSSR count). The molecule has 0 bridgehead atoms. The van der Waals surface area contributed by atoms with Gasteiger partial charge in [-0.2, -0.15) is 0 Å². The lowest BCUT2D eigenvalue weighted by Gasteiger charge is -2.18. The van der Waals surface area contributed by atoms with Gasteiger partial charge in [-0.15, -0.1) is 0 Å². The van der Waals surface area contributed by atoms with Crippen molar-refractivity contribution in [3.8, 4) is 23.0 Å². The van der Waals surface area contributed by atoms with Gasteiger partial charge in [-0.1, -0.05) is 45.9 Å². The van der Waals surface area contributed by atoms with Crippen molar-refractivity contribution in [3.05, 3.63) is 96.1 Å². The van der Waals surface area contributed by atoms with Gasteiger partial charge in [0.2, 0.25) is 0 Å². The van der Waals surface area contributed by atoms with Crippen LogP contribution in [0.2, 0.25) is 0 Å². The van der Waals surface area contributed by atoms with Crippen molar-refractivity contribution in [2.75, 3.05) is 10.6 Å². The first kappa shape index (κ1) is 30.7. The molecular weight excluding hydrogens is 572 g/mol. The van der Waals surface area contributed by atoms with E-state index in [2.05, 4.69) is 10.6 Å². The van der Waals surface area contributed by atoms with E-state index in [4.69, 9.17) is 9.47 Å². The normalized spacial score (nSPS) is 12.2. The Morgan fingerprint density at radius 2 is 1.02 bits per heavy atom. The smallest absolute Gasteiger partial charge is 0.265 e. The number of carbonyl (C=O) groups excluding carboxylic acids is 2. The molecule has 8 nitrogen and oxygen atoms in total. The number of carbonyl (C=O) groups is 2. The number of phenolic OH excluding ortho intramolecular Hbond substituents is 2. The predicted octanol–water partition coefficient (Wildman–Crippen LogP) is 7.33. The molecule has 2 unspecified atom stereocenters. The first-order valence-electron chi connectivity index (χ1n) is 13.2. The van der Waals surface area contributed by atoms with Gasteiger partial charge < -0.3 is 30.3 Å². The van der Waals surface area contributed by atoms with E-state index in [0.29, 0.717) is 34.0 Å². The fraction of sp³-hybridized carbons (Fsp3) is 0.188. The van der Waals surface area contributed by atoms with Crippen LogP contribution in [0.4, 0.5) is 11.4 Å². The average Bonchev–Trinajstić information content (AvgIpc) is 2.97. The van der Waals surface area contributed by atoms with Crippen molar-refractivity contribution in [2.45, 2.75) is 49.7 Å². The van der Waals surface area contributed by atoms with Crippen LogP contribution in [0.1, 0.15) is 25.0 Å². The Balaban J connectivity index is 1.38. The molecule has 0 aliphatic rings. The van der Waals surface area contributed by atoms with E-state index in [1.165, 1.54) is 33.7 Å². The van der Waals surface area contributed by atoms with Crippen molar-refractivity contribution in [1.29, 1.82) is 0 Å². The quantitative estimate of drug-likeness (QED) is 0.132. The number of nitrogens with one attached hydrogen (secondary N) is 2. The topological polar surface area (TPSA) is 117 Å². The summed E-state index contributed by atoms with van der Waals surface area (Å²) in [5.74, 6) is 0.672. The molecule has 0 spiro atoms. The molecule has 0 radical (unpaired) electrons. The van der Waals surface area contributed by atoms with Gasteiger partial charge in [-0.25, -0.2) is 0 Å². The van der Waals surface area contributed by atoms with Crippen LogP contribution >= 0.6 is 21.6 Å². The zero-order valence-electron chi connectivity index (χ0n) is 23.6. The Morgan fingerprint density at radius 3 is 1.40 bits per heavy atom. The first-order chi connectivity index (χ1) is 20.1.